The van der Waals surface area contributed by atoms with Crippen molar-refractivity contribution in [2.75, 3.05) is 0 Å². The van der Waals surface area contributed by atoms with Crippen molar-refractivity contribution in [1.82, 2.24) is 0 Å². The van der Waals surface area contributed by atoms with Gasteiger partial charge in [0.2, 0.25) is 0 Å². The highest BCUT2D eigenvalue weighted by Crippen LogP contribution is 2.35. The van der Waals surface area contributed by atoms with E-state index >= 15 is 0 Å². The Morgan fingerprint density at radius 1 is 0.952 bits per heavy atom. The molecule has 0 N–H and O–H groups in total. The predicted molar refractivity (Wildman–Crippen MR) is 74.1 cm³/mol. The van der Waals surface area contributed by atoms with Gasteiger partial charge in [-0.2, -0.15) is 13.2 Å². The van der Waals surface area contributed by atoms with Crippen LogP contribution in [0.1, 0.15) is 33.2 Å². The first-order valence-electron chi connectivity index (χ1n) is 6.46. The van der Waals surface area contributed by atoms with Crippen molar-refractivity contribution < 1.29 is 17.9 Å². The molecule has 0 aliphatic carbocycles. The number of rotatable bonds is 2. The Labute approximate surface area is 125 Å². The quantitative estimate of drug-likeness (QED) is 0.704. The summed E-state index contributed by atoms with van der Waals surface area (Å²) in [5, 5.41) is -0.613. The molecule has 1 aliphatic rings. The Balaban J connectivity index is 1.93. The number of halogens is 4. The first-order chi connectivity index (χ1) is 9.95. The molecule has 2 aromatic carbocycles. The highest BCUT2D eigenvalue weighted by molar-refractivity contribution is 6.22. The van der Waals surface area contributed by atoms with Gasteiger partial charge in [-0.25, -0.2) is 0 Å². The molecule has 0 fully saturated rings. The van der Waals surface area contributed by atoms with Crippen LogP contribution in [0.25, 0.3) is 0 Å². The number of fused-ring (bicyclic) bond motifs is 1. The molecule has 0 spiro atoms. The van der Waals surface area contributed by atoms with Crippen LogP contribution in [0.15, 0.2) is 42.5 Å². The Morgan fingerprint density at radius 2 is 1.67 bits per heavy atom. The van der Waals surface area contributed by atoms with Gasteiger partial charge in [0.25, 0.3) is 0 Å². The summed E-state index contributed by atoms with van der Waals surface area (Å²) in [4.78, 5) is 0. The van der Waals surface area contributed by atoms with Crippen LogP contribution in [0.4, 0.5) is 13.2 Å². The molecule has 21 heavy (non-hydrogen) atoms. The molecule has 0 amide bonds. The molecule has 1 heterocycles. The first kappa shape index (κ1) is 14.4. The van der Waals surface area contributed by atoms with Crippen molar-refractivity contribution in [2.45, 2.75) is 24.8 Å². The minimum Gasteiger partial charge on any atom is -0.372 e. The van der Waals surface area contributed by atoms with Crippen molar-refractivity contribution in [3.8, 4) is 0 Å². The third-order valence-electron chi connectivity index (χ3n) is 3.54. The maximum Gasteiger partial charge on any atom is 0.416 e. The summed E-state index contributed by atoms with van der Waals surface area (Å²) in [6.07, 6.45) is -4.36. The second kappa shape index (κ2) is 5.35. The average molecular weight is 313 g/mol. The van der Waals surface area contributed by atoms with Gasteiger partial charge in [-0.15, -0.1) is 11.6 Å². The van der Waals surface area contributed by atoms with Gasteiger partial charge >= 0.3 is 6.18 Å². The molecule has 1 aliphatic heterocycles. The average Bonchev–Trinajstić information content (AvgIpc) is 2.93. The highest BCUT2D eigenvalue weighted by atomic mass is 35.5. The zero-order chi connectivity index (χ0) is 15.0. The van der Waals surface area contributed by atoms with Crippen molar-refractivity contribution in [1.29, 1.82) is 0 Å². The van der Waals surface area contributed by atoms with Gasteiger partial charge in [-0.1, -0.05) is 30.3 Å². The maximum atomic E-state index is 12.8. The van der Waals surface area contributed by atoms with Crippen molar-refractivity contribution in [2.24, 2.45) is 0 Å². The van der Waals surface area contributed by atoms with Gasteiger partial charge < -0.3 is 4.74 Å². The van der Waals surface area contributed by atoms with Crippen LogP contribution >= 0.6 is 11.6 Å². The summed E-state index contributed by atoms with van der Waals surface area (Å²) in [6.45, 7) is 1.10. The van der Waals surface area contributed by atoms with E-state index in [1.807, 2.05) is 18.2 Å². The number of benzene rings is 2. The number of hydrogen-bond donors (Lipinski definition) is 0. The van der Waals surface area contributed by atoms with Crippen LogP contribution in [0.2, 0.25) is 0 Å². The minimum atomic E-state index is -4.36. The van der Waals surface area contributed by atoms with E-state index in [-0.39, 0.29) is 0 Å². The lowest BCUT2D eigenvalue weighted by Crippen LogP contribution is -2.06. The highest BCUT2D eigenvalue weighted by Gasteiger charge is 2.31. The molecule has 3 rings (SSSR count). The fourth-order valence-electron chi connectivity index (χ4n) is 2.41. The molecule has 0 bridgehead atoms. The Kier molecular flexibility index (Phi) is 3.68. The van der Waals surface area contributed by atoms with Crippen LogP contribution in [0, 0.1) is 0 Å². The summed E-state index contributed by atoms with van der Waals surface area (Å²) < 4.78 is 43.6. The van der Waals surface area contributed by atoms with Crippen LogP contribution < -0.4 is 0 Å². The molecule has 0 radical (unpaired) electrons. The molecule has 2 aromatic rings. The zero-order valence-corrected chi connectivity index (χ0v) is 11.7. The lowest BCUT2D eigenvalue weighted by atomic mass is 9.99. The molecule has 0 saturated heterocycles. The Hall–Kier alpha value is -1.52. The van der Waals surface area contributed by atoms with Gasteiger partial charge in [0.05, 0.1) is 24.2 Å². The summed E-state index contributed by atoms with van der Waals surface area (Å²) in [5.41, 5.74) is 2.68. The standard InChI is InChI=1S/C16H12ClF3O/c17-15(10-2-1-3-14(7-10)16(18,19)20)11-4-5-12-8-21-9-13(12)6-11/h1-7,15H,8-9H2. The number of alkyl halides is 4. The second-order valence-corrected chi connectivity index (χ2v) is 5.44. The predicted octanol–water partition coefficient (Wildman–Crippen LogP) is 5.06. The van der Waals surface area contributed by atoms with Crippen LogP contribution in [0.3, 0.4) is 0 Å². The van der Waals surface area contributed by atoms with Crippen LogP contribution in [-0.2, 0) is 24.1 Å². The Bertz CT molecular complexity index is 667. The van der Waals surface area contributed by atoms with E-state index in [4.69, 9.17) is 16.3 Å². The van der Waals surface area contributed by atoms with Crippen LogP contribution in [0.5, 0.6) is 0 Å². The fourth-order valence-corrected chi connectivity index (χ4v) is 2.69. The Morgan fingerprint density at radius 3 is 2.43 bits per heavy atom. The van der Waals surface area contributed by atoms with E-state index in [9.17, 15) is 13.2 Å². The smallest absolute Gasteiger partial charge is 0.372 e. The molecule has 110 valence electrons. The van der Waals surface area contributed by atoms with E-state index in [0.717, 1.165) is 28.8 Å². The molecule has 0 saturated carbocycles. The minimum absolute atomic E-state index is 0.436. The number of ether oxygens (including phenoxy) is 1. The molecular weight excluding hydrogens is 301 g/mol. The topological polar surface area (TPSA) is 9.23 Å². The van der Waals surface area contributed by atoms with Gasteiger partial charge in [-0.05, 0) is 34.4 Å². The lowest BCUT2D eigenvalue weighted by molar-refractivity contribution is -0.137. The summed E-state index contributed by atoms with van der Waals surface area (Å²) >= 11 is 6.35. The van der Waals surface area contributed by atoms with E-state index in [0.29, 0.717) is 18.8 Å². The first-order valence-corrected chi connectivity index (χ1v) is 6.89. The molecule has 1 atom stereocenters. The third kappa shape index (κ3) is 2.92. The van der Waals surface area contributed by atoms with E-state index in [2.05, 4.69) is 0 Å². The van der Waals surface area contributed by atoms with Gasteiger partial charge in [0, 0.05) is 0 Å². The van der Waals surface area contributed by atoms with Crippen molar-refractivity contribution in [3.63, 3.8) is 0 Å². The summed E-state index contributed by atoms with van der Waals surface area (Å²) in [7, 11) is 0. The monoisotopic (exact) mass is 312 g/mol. The largest absolute Gasteiger partial charge is 0.416 e. The normalized spacial score (nSPS) is 15.8. The van der Waals surface area contributed by atoms with Gasteiger partial charge in [0.1, 0.15) is 0 Å². The number of hydrogen-bond acceptors (Lipinski definition) is 1. The maximum absolute atomic E-state index is 12.8. The van der Waals surface area contributed by atoms with Gasteiger partial charge in [0.15, 0.2) is 0 Å². The van der Waals surface area contributed by atoms with Gasteiger partial charge in [-0.3, -0.25) is 0 Å². The van der Waals surface area contributed by atoms with Crippen LogP contribution in [-0.4, -0.2) is 0 Å². The van der Waals surface area contributed by atoms with E-state index in [1.165, 1.54) is 6.07 Å². The zero-order valence-electron chi connectivity index (χ0n) is 11.0. The lowest BCUT2D eigenvalue weighted by Gasteiger charge is -2.14. The molecular formula is C16H12ClF3O. The van der Waals surface area contributed by atoms with Crippen molar-refractivity contribution in [3.05, 3.63) is 70.3 Å². The molecule has 5 heteroatoms. The second-order valence-electron chi connectivity index (χ2n) is 5.01. The molecule has 1 unspecified atom stereocenters. The van der Waals surface area contributed by atoms with Crippen molar-refractivity contribution >= 4 is 11.6 Å². The third-order valence-corrected chi connectivity index (χ3v) is 4.05. The molecule has 0 aromatic heterocycles. The summed E-state index contributed by atoms with van der Waals surface area (Å²) in [6, 6.07) is 10.8. The summed E-state index contributed by atoms with van der Waals surface area (Å²) in [5.74, 6) is 0. The van der Waals surface area contributed by atoms with E-state index < -0.39 is 17.1 Å². The fraction of sp³-hybridized carbons (Fsp3) is 0.250. The van der Waals surface area contributed by atoms with E-state index in [1.54, 1.807) is 6.07 Å². The molecule has 1 nitrogen and oxygen atoms in total. The SMILES string of the molecule is FC(F)(F)c1cccc(C(Cl)c2ccc3c(c2)COC3)c1.